The zero-order valence-corrected chi connectivity index (χ0v) is 8.95. The predicted molar refractivity (Wildman–Crippen MR) is 57.1 cm³/mol. The normalized spacial score (nSPS) is 11.8. The van der Waals surface area contributed by atoms with Gasteiger partial charge in [0.1, 0.15) is 11.5 Å². The summed E-state index contributed by atoms with van der Waals surface area (Å²) in [5.41, 5.74) is 1.22. The van der Waals surface area contributed by atoms with Crippen LogP contribution in [-0.2, 0) is 0 Å². The number of hydrogen-bond donors (Lipinski definition) is 1. The molecule has 0 fully saturated rings. The molecule has 14 heavy (non-hydrogen) atoms. The van der Waals surface area contributed by atoms with E-state index >= 15 is 0 Å². The second kappa shape index (κ2) is 4.96. The van der Waals surface area contributed by atoms with Crippen molar-refractivity contribution in [2.45, 2.75) is 26.7 Å². The van der Waals surface area contributed by atoms with Gasteiger partial charge < -0.3 is 9.52 Å². The van der Waals surface area contributed by atoms with Gasteiger partial charge in [-0.05, 0) is 24.5 Å². The van der Waals surface area contributed by atoms with Gasteiger partial charge in [0, 0.05) is 0 Å². The standard InChI is InChI=1S/C11H17NO2/c1-8(2)11-6-10(14-9(11)3)7-12-4-5-13/h6-8,13H,4-5H2,1-3H3. The van der Waals surface area contributed by atoms with Crippen molar-refractivity contribution in [2.24, 2.45) is 4.99 Å². The van der Waals surface area contributed by atoms with E-state index in [9.17, 15) is 0 Å². The van der Waals surface area contributed by atoms with Gasteiger partial charge in [-0.25, -0.2) is 0 Å². The molecule has 0 radical (unpaired) electrons. The Labute approximate surface area is 84.5 Å². The molecule has 0 aliphatic carbocycles. The monoisotopic (exact) mass is 195 g/mol. The fraction of sp³-hybridized carbons (Fsp3) is 0.545. The Morgan fingerprint density at radius 2 is 2.29 bits per heavy atom. The number of aryl methyl sites for hydroxylation is 1. The summed E-state index contributed by atoms with van der Waals surface area (Å²) in [7, 11) is 0. The number of aliphatic imine (C=N–C) groups is 1. The maximum absolute atomic E-state index is 8.55. The van der Waals surface area contributed by atoms with E-state index in [1.807, 2.05) is 13.0 Å². The minimum absolute atomic E-state index is 0.0766. The first-order valence-electron chi connectivity index (χ1n) is 4.86. The highest BCUT2D eigenvalue weighted by atomic mass is 16.3. The second-order valence-corrected chi connectivity index (χ2v) is 3.57. The van der Waals surface area contributed by atoms with Crippen LogP contribution < -0.4 is 0 Å². The molecule has 1 rings (SSSR count). The third kappa shape index (κ3) is 2.70. The molecule has 0 aliphatic rings. The summed E-state index contributed by atoms with van der Waals surface area (Å²) in [6.45, 7) is 6.72. The molecule has 1 aromatic heterocycles. The van der Waals surface area contributed by atoms with E-state index in [2.05, 4.69) is 18.8 Å². The maximum Gasteiger partial charge on any atom is 0.145 e. The van der Waals surface area contributed by atoms with Gasteiger partial charge in [-0.1, -0.05) is 13.8 Å². The first kappa shape index (κ1) is 11.0. The van der Waals surface area contributed by atoms with Crippen LogP contribution in [0.1, 0.15) is 36.8 Å². The number of nitrogens with zero attached hydrogens (tertiary/aromatic N) is 1. The van der Waals surface area contributed by atoms with E-state index in [1.54, 1.807) is 6.21 Å². The average molecular weight is 195 g/mol. The molecule has 1 aromatic rings. The van der Waals surface area contributed by atoms with Crippen LogP contribution in [0.3, 0.4) is 0 Å². The van der Waals surface area contributed by atoms with E-state index in [0.717, 1.165) is 11.5 Å². The fourth-order valence-electron chi connectivity index (χ4n) is 1.37. The van der Waals surface area contributed by atoms with Gasteiger partial charge in [0.05, 0.1) is 19.4 Å². The van der Waals surface area contributed by atoms with E-state index in [4.69, 9.17) is 9.52 Å². The zero-order chi connectivity index (χ0) is 10.6. The lowest BCUT2D eigenvalue weighted by atomic mass is 10.0. The van der Waals surface area contributed by atoms with Crippen LogP contribution in [0.5, 0.6) is 0 Å². The van der Waals surface area contributed by atoms with Crippen LogP contribution in [-0.4, -0.2) is 24.5 Å². The van der Waals surface area contributed by atoms with Crippen molar-refractivity contribution in [2.75, 3.05) is 13.2 Å². The molecule has 0 spiro atoms. The number of aliphatic hydroxyl groups excluding tert-OH is 1. The average Bonchev–Trinajstić information content (AvgIpc) is 2.47. The van der Waals surface area contributed by atoms with Gasteiger partial charge in [-0.3, -0.25) is 4.99 Å². The van der Waals surface area contributed by atoms with Crippen LogP contribution in [0.15, 0.2) is 15.5 Å². The van der Waals surface area contributed by atoms with Gasteiger partial charge in [-0.2, -0.15) is 0 Å². The summed E-state index contributed by atoms with van der Waals surface area (Å²) >= 11 is 0. The molecule has 0 saturated carbocycles. The van der Waals surface area contributed by atoms with Crippen molar-refractivity contribution < 1.29 is 9.52 Å². The molecular weight excluding hydrogens is 178 g/mol. The Kier molecular flexibility index (Phi) is 3.89. The molecule has 3 heteroatoms. The first-order valence-corrected chi connectivity index (χ1v) is 4.86. The predicted octanol–water partition coefficient (Wildman–Crippen LogP) is 2.12. The lowest BCUT2D eigenvalue weighted by Crippen LogP contribution is -1.88. The van der Waals surface area contributed by atoms with Gasteiger partial charge in [0.2, 0.25) is 0 Å². The van der Waals surface area contributed by atoms with E-state index < -0.39 is 0 Å². The van der Waals surface area contributed by atoms with E-state index in [1.165, 1.54) is 5.56 Å². The quantitative estimate of drug-likeness (QED) is 0.748. The molecule has 0 aliphatic heterocycles. The Hall–Kier alpha value is -1.09. The molecule has 1 heterocycles. The Morgan fingerprint density at radius 1 is 1.57 bits per heavy atom. The van der Waals surface area contributed by atoms with Crippen molar-refractivity contribution in [1.82, 2.24) is 0 Å². The van der Waals surface area contributed by atoms with Crippen LogP contribution >= 0.6 is 0 Å². The molecule has 0 aromatic carbocycles. The van der Waals surface area contributed by atoms with E-state index in [0.29, 0.717) is 12.5 Å². The van der Waals surface area contributed by atoms with Crippen LogP contribution in [0, 0.1) is 6.92 Å². The molecule has 0 atom stereocenters. The minimum atomic E-state index is 0.0766. The molecular formula is C11H17NO2. The Balaban J connectivity index is 2.75. The topological polar surface area (TPSA) is 45.7 Å². The van der Waals surface area contributed by atoms with Gasteiger partial charge in [-0.15, -0.1) is 0 Å². The lowest BCUT2D eigenvalue weighted by Gasteiger charge is -1.99. The lowest BCUT2D eigenvalue weighted by molar-refractivity contribution is 0.307. The first-order chi connectivity index (χ1) is 6.65. The largest absolute Gasteiger partial charge is 0.460 e. The summed E-state index contributed by atoms with van der Waals surface area (Å²) in [6.07, 6.45) is 1.66. The Bertz CT molecular complexity index is 313. The van der Waals surface area contributed by atoms with Crippen molar-refractivity contribution in [3.8, 4) is 0 Å². The van der Waals surface area contributed by atoms with Gasteiger partial charge in [0.25, 0.3) is 0 Å². The minimum Gasteiger partial charge on any atom is -0.460 e. The third-order valence-electron chi connectivity index (χ3n) is 2.04. The number of furan rings is 1. The SMILES string of the molecule is Cc1oc(C=NCCO)cc1C(C)C. The van der Waals surface area contributed by atoms with Crippen molar-refractivity contribution in [1.29, 1.82) is 0 Å². The highest BCUT2D eigenvalue weighted by Gasteiger charge is 2.08. The summed E-state index contributed by atoms with van der Waals surface area (Å²) < 4.78 is 5.49. The zero-order valence-electron chi connectivity index (χ0n) is 8.95. The molecule has 0 saturated heterocycles. The molecule has 0 bridgehead atoms. The highest BCUT2D eigenvalue weighted by molar-refractivity contribution is 5.76. The molecule has 3 nitrogen and oxygen atoms in total. The van der Waals surface area contributed by atoms with Gasteiger partial charge in [0.15, 0.2) is 0 Å². The Morgan fingerprint density at radius 3 is 2.79 bits per heavy atom. The van der Waals surface area contributed by atoms with Crippen LogP contribution in [0.25, 0.3) is 0 Å². The van der Waals surface area contributed by atoms with Crippen LogP contribution in [0.4, 0.5) is 0 Å². The van der Waals surface area contributed by atoms with Crippen molar-refractivity contribution in [3.63, 3.8) is 0 Å². The van der Waals surface area contributed by atoms with E-state index in [-0.39, 0.29) is 6.61 Å². The fourth-order valence-corrected chi connectivity index (χ4v) is 1.37. The number of aliphatic hydroxyl groups is 1. The molecule has 78 valence electrons. The molecule has 0 amide bonds. The summed E-state index contributed by atoms with van der Waals surface area (Å²) in [6, 6.07) is 2.00. The maximum atomic E-state index is 8.55. The molecule has 1 N–H and O–H groups in total. The molecule has 0 unspecified atom stereocenters. The summed E-state index contributed by atoms with van der Waals surface area (Å²) in [4.78, 5) is 4.01. The van der Waals surface area contributed by atoms with Gasteiger partial charge >= 0.3 is 0 Å². The van der Waals surface area contributed by atoms with Crippen molar-refractivity contribution >= 4 is 6.21 Å². The smallest absolute Gasteiger partial charge is 0.145 e. The summed E-state index contributed by atoms with van der Waals surface area (Å²) in [5, 5.41) is 8.55. The second-order valence-electron chi connectivity index (χ2n) is 3.57. The van der Waals surface area contributed by atoms with Crippen LogP contribution in [0.2, 0.25) is 0 Å². The third-order valence-corrected chi connectivity index (χ3v) is 2.04. The number of rotatable bonds is 4. The summed E-state index contributed by atoms with van der Waals surface area (Å²) in [5.74, 6) is 2.18. The number of hydrogen-bond acceptors (Lipinski definition) is 3. The highest BCUT2D eigenvalue weighted by Crippen LogP contribution is 2.21. The van der Waals surface area contributed by atoms with Crippen molar-refractivity contribution in [3.05, 3.63) is 23.2 Å².